The highest BCUT2D eigenvalue weighted by atomic mass is 16.5. The van der Waals surface area contributed by atoms with Gasteiger partial charge in [0.2, 0.25) is 5.91 Å². The number of nitrogens with one attached hydrogen (secondary N) is 1. The molecule has 16 heavy (non-hydrogen) atoms. The zero-order valence-corrected chi connectivity index (χ0v) is 9.19. The Morgan fingerprint density at radius 1 is 1.62 bits per heavy atom. The minimum atomic E-state index is -0.231. The van der Waals surface area contributed by atoms with Crippen LogP contribution in [0.1, 0.15) is 12.5 Å². The molecule has 1 aromatic carbocycles. The van der Waals surface area contributed by atoms with E-state index < -0.39 is 0 Å². The highest BCUT2D eigenvalue weighted by Gasteiger charge is 2.03. The van der Waals surface area contributed by atoms with E-state index in [1.807, 2.05) is 6.92 Å². The van der Waals surface area contributed by atoms with Crippen molar-refractivity contribution in [1.82, 2.24) is 5.32 Å². The number of phenols is 1. The predicted molar refractivity (Wildman–Crippen MR) is 61.3 cm³/mol. The summed E-state index contributed by atoms with van der Waals surface area (Å²) in [5, 5.41) is 12.1. The Labute approximate surface area is 94.6 Å². The zero-order valence-electron chi connectivity index (χ0n) is 9.19. The molecule has 2 N–H and O–H groups in total. The zero-order chi connectivity index (χ0) is 12.0. The quantitative estimate of drug-likeness (QED) is 0.742. The van der Waals surface area contributed by atoms with Gasteiger partial charge < -0.3 is 15.2 Å². The Morgan fingerprint density at radius 3 is 3.00 bits per heavy atom. The maximum Gasteiger partial charge on any atom is 0.243 e. The molecule has 4 heteroatoms. The van der Waals surface area contributed by atoms with Crippen molar-refractivity contribution in [3.05, 3.63) is 36.4 Å². The molecular formula is C12H15NO3. The van der Waals surface area contributed by atoms with E-state index in [-0.39, 0.29) is 11.7 Å². The predicted octanol–water partition coefficient (Wildman–Crippen LogP) is 1.59. The van der Waals surface area contributed by atoms with Crippen LogP contribution in [0.2, 0.25) is 0 Å². The molecule has 1 aromatic rings. The maximum absolute atomic E-state index is 11.0. The summed E-state index contributed by atoms with van der Waals surface area (Å²) in [6.45, 7) is 6.06. The van der Waals surface area contributed by atoms with E-state index >= 15 is 0 Å². The summed E-state index contributed by atoms with van der Waals surface area (Å²) in [5.74, 6) is 0.291. The van der Waals surface area contributed by atoms with Crippen LogP contribution in [0.15, 0.2) is 30.9 Å². The number of carbonyl (C=O) groups is 1. The number of hydrogen-bond donors (Lipinski definition) is 2. The monoisotopic (exact) mass is 221 g/mol. The number of carbonyl (C=O) groups excluding carboxylic acids is 1. The number of benzene rings is 1. The fourth-order valence-corrected chi connectivity index (χ4v) is 1.20. The summed E-state index contributed by atoms with van der Waals surface area (Å²) in [4.78, 5) is 11.0. The SMILES string of the molecule is C=CC(=O)NCc1ccc(O)c(OCC)c1. The number of amides is 1. The van der Waals surface area contributed by atoms with Crippen molar-refractivity contribution in [2.75, 3.05) is 6.61 Å². The molecule has 4 nitrogen and oxygen atoms in total. The van der Waals surface area contributed by atoms with Gasteiger partial charge in [0.05, 0.1) is 6.61 Å². The minimum absolute atomic E-state index is 0.0978. The second-order valence-electron chi connectivity index (χ2n) is 3.16. The van der Waals surface area contributed by atoms with E-state index in [1.54, 1.807) is 18.2 Å². The summed E-state index contributed by atoms with van der Waals surface area (Å²) < 4.78 is 5.23. The molecule has 0 saturated carbocycles. The first-order valence-corrected chi connectivity index (χ1v) is 5.02. The molecule has 86 valence electrons. The van der Waals surface area contributed by atoms with Gasteiger partial charge in [0.15, 0.2) is 11.5 Å². The number of phenolic OH excluding ortho intramolecular Hbond substituents is 1. The third-order valence-corrected chi connectivity index (χ3v) is 1.98. The topological polar surface area (TPSA) is 58.6 Å². The van der Waals surface area contributed by atoms with E-state index in [0.29, 0.717) is 18.9 Å². The third-order valence-electron chi connectivity index (χ3n) is 1.98. The molecule has 0 aliphatic carbocycles. The van der Waals surface area contributed by atoms with Gasteiger partial charge >= 0.3 is 0 Å². The van der Waals surface area contributed by atoms with Gasteiger partial charge in [-0.05, 0) is 30.7 Å². The van der Waals surface area contributed by atoms with Crippen LogP contribution in [0.5, 0.6) is 11.5 Å². The van der Waals surface area contributed by atoms with Crippen LogP contribution >= 0.6 is 0 Å². The molecule has 1 amide bonds. The maximum atomic E-state index is 11.0. The summed E-state index contributed by atoms with van der Waals surface area (Å²) in [5.41, 5.74) is 0.858. The molecule has 1 rings (SSSR count). The number of ether oxygens (including phenoxy) is 1. The lowest BCUT2D eigenvalue weighted by molar-refractivity contribution is -0.116. The second-order valence-corrected chi connectivity index (χ2v) is 3.16. The van der Waals surface area contributed by atoms with Gasteiger partial charge in [0.25, 0.3) is 0 Å². The lowest BCUT2D eigenvalue weighted by atomic mass is 10.2. The molecular weight excluding hydrogens is 206 g/mol. The van der Waals surface area contributed by atoms with Gasteiger partial charge in [-0.1, -0.05) is 12.6 Å². The van der Waals surface area contributed by atoms with Crippen LogP contribution in [0, 0.1) is 0 Å². The molecule has 0 bridgehead atoms. The smallest absolute Gasteiger partial charge is 0.243 e. The number of rotatable bonds is 5. The Balaban J connectivity index is 2.70. The van der Waals surface area contributed by atoms with Gasteiger partial charge in [-0.3, -0.25) is 4.79 Å². The van der Waals surface area contributed by atoms with Crippen LogP contribution < -0.4 is 10.1 Å². The summed E-state index contributed by atoms with van der Waals surface area (Å²) in [6.07, 6.45) is 1.21. The molecule has 0 atom stereocenters. The highest BCUT2D eigenvalue weighted by Crippen LogP contribution is 2.26. The van der Waals surface area contributed by atoms with Crippen molar-refractivity contribution in [2.45, 2.75) is 13.5 Å². The van der Waals surface area contributed by atoms with E-state index in [4.69, 9.17) is 4.74 Å². The molecule has 0 fully saturated rings. The van der Waals surface area contributed by atoms with Gasteiger partial charge in [0, 0.05) is 6.54 Å². The molecule has 0 saturated heterocycles. The van der Waals surface area contributed by atoms with Crippen LogP contribution in [0.4, 0.5) is 0 Å². The van der Waals surface area contributed by atoms with Gasteiger partial charge in [0.1, 0.15) is 0 Å². The molecule has 0 aliphatic heterocycles. The average molecular weight is 221 g/mol. The Bertz CT molecular complexity index is 388. The number of hydrogen-bond acceptors (Lipinski definition) is 3. The lowest BCUT2D eigenvalue weighted by Crippen LogP contribution is -2.19. The first-order chi connectivity index (χ1) is 7.67. The Hall–Kier alpha value is -1.97. The first-order valence-electron chi connectivity index (χ1n) is 5.02. The van der Waals surface area contributed by atoms with Crippen molar-refractivity contribution in [3.63, 3.8) is 0 Å². The number of aromatic hydroxyl groups is 1. The molecule has 0 aliphatic rings. The normalized spacial score (nSPS) is 9.56. The fraction of sp³-hybridized carbons (Fsp3) is 0.250. The molecule has 0 heterocycles. The van der Waals surface area contributed by atoms with Crippen molar-refractivity contribution >= 4 is 5.91 Å². The fourth-order valence-electron chi connectivity index (χ4n) is 1.20. The summed E-state index contributed by atoms with van der Waals surface area (Å²) >= 11 is 0. The summed E-state index contributed by atoms with van der Waals surface area (Å²) in [7, 11) is 0. The van der Waals surface area contributed by atoms with Crippen LogP contribution in [-0.2, 0) is 11.3 Å². The first kappa shape index (κ1) is 12.1. The van der Waals surface area contributed by atoms with E-state index in [2.05, 4.69) is 11.9 Å². The van der Waals surface area contributed by atoms with Crippen molar-refractivity contribution in [3.8, 4) is 11.5 Å². The Morgan fingerprint density at radius 2 is 2.38 bits per heavy atom. The standard InChI is InChI=1S/C12H15NO3/c1-3-12(15)13-8-9-5-6-10(14)11(7-9)16-4-2/h3,5-7,14H,1,4,8H2,2H3,(H,13,15). The third kappa shape index (κ3) is 3.31. The molecule has 0 spiro atoms. The lowest BCUT2D eigenvalue weighted by Gasteiger charge is -2.08. The minimum Gasteiger partial charge on any atom is -0.504 e. The molecule has 0 radical (unpaired) electrons. The summed E-state index contributed by atoms with van der Waals surface area (Å²) in [6, 6.07) is 4.96. The van der Waals surface area contributed by atoms with E-state index in [1.165, 1.54) is 6.08 Å². The Kier molecular flexibility index (Phi) is 4.39. The van der Waals surface area contributed by atoms with Crippen molar-refractivity contribution < 1.29 is 14.6 Å². The van der Waals surface area contributed by atoms with Crippen LogP contribution in [0.25, 0.3) is 0 Å². The van der Waals surface area contributed by atoms with Gasteiger partial charge in [-0.15, -0.1) is 0 Å². The molecule has 0 unspecified atom stereocenters. The largest absolute Gasteiger partial charge is 0.504 e. The second kappa shape index (κ2) is 5.80. The van der Waals surface area contributed by atoms with Crippen molar-refractivity contribution in [1.29, 1.82) is 0 Å². The average Bonchev–Trinajstić information content (AvgIpc) is 2.30. The van der Waals surface area contributed by atoms with Crippen molar-refractivity contribution in [2.24, 2.45) is 0 Å². The van der Waals surface area contributed by atoms with Crippen LogP contribution in [0.3, 0.4) is 0 Å². The highest BCUT2D eigenvalue weighted by molar-refractivity contribution is 5.86. The van der Waals surface area contributed by atoms with Crippen LogP contribution in [-0.4, -0.2) is 17.6 Å². The van der Waals surface area contributed by atoms with E-state index in [0.717, 1.165) is 5.56 Å². The molecule has 0 aromatic heterocycles. The van der Waals surface area contributed by atoms with E-state index in [9.17, 15) is 9.90 Å². The van der Waals surface area contributed by atoms with Gasteiger partial charge in [-0.25, -0.2) is 0 Å². The van der Waals surface area contributed by atoms with Gasteiger partial charge in [-0.2, -0.15) is 0 Å².